The molecule has 3 aromatic heterocycles. The van der Waals surface area contributed by atoms with Crippen LogP contribution in [0.1, 0.15) is 5.76 Å². The first-order valence-electron chi connectivity index (χ1n) is 9.05. The Kier molecular flexibility index (Phi) is 4.38. The van der Waals surface area contributed by atoms with Gasteiger partial charge in [-0.15, -0.1) is 0 Å². The summed E-state index contributed by atoms with van der Waals surface area (Å²) in [5, 5.41) is 0.770. The minimum Gasteiger partial charge on any atom is -0.463 e. The van der Waals surface area contributed by atoms with Crippen LogP contribution in [0.3, 0.4) is 0 Å². The zero-order chi connectivity index (χ0) is 19.6. The van der Waals surface area contributed by atoms with Crippen molar-refractivity contribution in [2.24, 2.45) is 4.99 Å². The second kappa shape index (κ2) is 7.33. The highest BCUT2D eigenvalue weighted by molar-refractivity contribution is 7.71. The van der Waals surface area contributed by atoms with Gasteiger partial charge in [0.2, 0.25) is 10.5 Å². The minimum atomic E-state index is 0.303. The highest BCUT2D eigenvalue weighted by Gasteiger charge is 2.21. The number of aliphatic imine (C=N–C) groups is 1. The third-order valence-electron chi connectivity index (χ3n) is 4.52. The van der Waals surface area contributed by atoms with E-state index in [4.69, 9.17) is 21.1 Å². The van der Waals surface area contributed by atoms with E-state index in [2.05, 4.69) is 15.0 Å². The number of hydrogen-bond acceptors (Lipinski definition) is 5. The van der Waals surface area contributed by atoms with Gasteiger partial charge in [-0.2, -0.15) is 4.98 Å². The maximum absolute atomic E-state index is 6.20. The normalized spacial score (nSPS) is 11.4. The van der Waals surface area contributed by atoms with Crippen molar-refractivity contribution < 1.29 is 8.83 Å². The molecule has 0 amide bonds. The van der Waals surface area contributed by atoms with Crippen LogP contribution in [-0.4, -0.2) is 16.2 Å². The van der Waals surface area contributed by atoms with Gasteiger partial charge in [0, 0.05) is 11.1 Å². The summed E-state index contributed by atoms with van der Waals surface area (Å²) in [5.41, 5.74) is 3.32. The van der Waals surface area contributed by atoms with E-state index in [-0.39, 0.29) is 0 Å². The summed E-state index contributed by atoms with van der Waals surface area (Å²) in [7, 11) is 0. The van der Waals surface area contributed by atoms with E-state index >= 15 is 0 Å². The van der Waals surface area contributed by atoms with Gasteiger partial charge in [-0.1, -0.05) is 60.7 Å². The maximum atomic E-state index is 6.20. The number of benzene rings is 2. The number of rotatable bonds is 4. The molecule has 3 heterocycles. The Morgan fingerprint density at radius 3 is 2.31 bits per heavy atom. The lowest BCUT2D eigenvalue weighted by Gasteiger charge is -2.04. The molecule has 0 bridgehead atoms. The van der Waals surface area contributed by atoms with Crippen molar-refractivity contribution in [2.75, 3.05) is 0 Å². The number of nitrogens with one attached hydrogen (secondary N) is 1. The average Bonchev–Trinajstić information content (AvgIpc) is 3.41. The van der Waals surface area contributed by atoms with E-state index in [1.807, 2.05) is 72.8 Å². The first-order valence-corrected chi connectivity index (χ1v) is 9.45. The standard InChI is InChI=1S/C23H15N3O2S/c29-23-25-21(24-14-17-12-7-13-27-17)19-18(15-8-3-1-4-9-15)20(28-22(19)26-23)16-10-5-2-6-11-16/h1-14H,(H,25,26,29)/b24-14-. The van der Waals surface area contributed by atoms with Crippen molar-refractivity contribution in [3.8, 4) is 22.5 Å². The molecule has 2 aromatic carbocycles. The Labute approximate surface area is 171 Å². The number of hydrogen-bond donors (Lipinski definition) is 1. The lowest BCUT2D eigenvalue weighted by atomic mass is 9.99. The number of aromatic amines is 1. The van der Waals surface area contributed by atoms with Gasteiger partial charge >= 0.3 is 0 Å². The quantitative estimate of drug-likeness (QED) is 0.275. The van der Waals surface area contributed by atoms with Gasteiger partial charge in [0.15, 0.2) is 0 Å². The molecule has 0 atom stereocenters. The molecule has 5 rings (SSSR count). The van der Waals surface area contributed by atoms with Gasteiger partial charge in [0.1, 0.15) is 17.3 Å². The van der Waals surface area contributed by atoms with E-state index in [1.165, 1.54) is 0 Å². The van der Waals surface area contributed by atoms with Gasteiger partial charge < -0.3 is 13.8 Å². The first kappa shape index (κ1) is 17.3. The topological polar surface area (TPSA) is 67.3 Å². The smallest absolute Gasteiger partial charge is 0.233 e. The number of furan rings is 2. The Morgan fingerprint density at radius 2 is 1.62 bits per heavy atom. The van der Waals surface area contributed by atoms with Crippen molar-refractivity contribution in [1.82, 2.24) is 9.97 Å². The van der Waals surface area contributed by atoms with Crippen LogP contribution >= 0.6 is 12.2 Å². The molecule has 6 heteroatoms. The van der Waals surface area contributed by atoms with Crippen molar-refractivity contribution in [3.63, 3.8) is 0 Å². The highest BCUT2D eigenvalue weighted by atomic mass is 32.1. The van der Waals surface area contributed by atoms with Crippen LogP contribution in [0.25, 0.3) is 33.6 Å². The molecule has 0 saturated carbocycles. The number of H-pyrrole nitrogens is 1. The van der Waals surface area contributed by atoms with Gasteiger partial charge in [-0.05, 0) is 29.9 Å². The SMILES string of the molecule is S=c1nc2oc(-c3ccccc3)c(-c3ccccc3)c2c(/N=C\c2ccco2)[nH]1. The summed E-state index contributed by atoms with van der Waals surface area (Å²) in [6.45, 7) is 0. The molecule has 0 unspecified atom stereocenters. The molecule has 0 radical (unpaired) electrons. The summed E-state index contributed by atoms with van der Waals surface area (Å²) < 4.78 is 11.9. The lowest BCUT2D eigenvalue weighted by molar-refractivity contribution is 0.560. The fraction of sp³-hybridized carbons (Fsp3) is 0. The van der Waals surface area contributed by atoms with Gasteiger partial charge in [-0.3, -0.25) is 0 Å². The first-order chi connectivity index (χ1) is 14.3. The van der Waals surface area contributed by atoms with E-state index in [1.54, 1.807) is 12.5 Å². The summed E-state index contributed by atoms with van der Waals surface area (Å²) in [6, 6.07) is 23.6. The zero-order valence-electron chi connectivity index (χ0n) is 15.2. The molecule has 29 heavy (non-hydrogen) atoms. The molecule has 0 aliphatic rings. The zero-order valence-corrected chi connectivity index (χ0v) is 16.0. The summed E-state index contributed by atoms with van der Waals surface area (Å²) in [5.74, 6) is 1.94. The van der Waals surface area contributed by atoms with E-state index in [0.29, 0.717) is 22.1 Å². The van der Waals surface area contributed by atoms with E-state index < -0.39 is 0 Å². The monoisotopic (exact) mass is 397 g/mol. The second-order valence-electron chi connectivity index (χ2n) is 6.38. The van der Waals surface area contributed by atoms with Crippen LogP contribution in [0.5, 0.6) is 0 Å². The van der Waals surface area contributed by atoms with Crippen molar-refractivity contribution in [3.05, 3.63) is 89.6 Å². The molecule has 0 aliphatic heterocycles. The van der Waals surface area contributed by atoms with Crippen LogP contribution in [0.15, 0.2) is 92.9 Å². The molecule has 0 saturated heterocycles. The molecule has 5 nitrogen and oxygen atoms in total. The Morgan fingerprint density at radius 1 is 0.897 bits per heavy atom. The van der Waals surface area contributed by atoms with Crippen LogP contribution < -0.4 is 0 Å². The Bertz CT molecular complexity index is 1350. The fourth-order valence-corrected chi connectivity index (χ4v) is 3.44. The maximum Gasteiger partial charge on any atom is 0.233 e. The highest BCUT2D eigenvalue weighted by Crippen LogP contribution is 2.43. The van der Waals surface area contributed by atoms with Crippen molar-refractivity contribution in [2.45, 2.75) is 0 Å². The van der Waals surface area contributed by atoms with Crippen molar-refractivity contribution >= 4 is 35.4 Å². The van der Waals surface area contributed by atoms with Crippen LogP contribution in [0.2, 0.25) is 0 Å². The molecule has 140 valence electrons. The van der Waals surface area contributed by atoms with Crippen molar-refractivity contribution in [1.29, 1.82) is 0 Å². The predicted molar refractivity (Wildman–Crippen MR) is 116 cm³/mol. The third kappa shape index (κ3) is 3.30. The largest absolute Gasteiger partial charge is 0.463 e. The average molecular weight is 397 g/mol. The van der Waals surface area contributed by atoms with Gasteiger partial charge in [-0.25, -0.2) is 4.99 Å². The van der Waals surface area contributed by atoms with Crippen LogP contribution in [-0.2, 0) is 0 Å². The van der Waals surface area contributed by atoms with Crippen LogP contribution in [0.4, 0.5) is 5.82 Å². The molecule has 0 aliphatic carbocycles. The molecule has 5 aromatic rings. The Hall–Kier alpha value is -3.77. The molecule has 1 N–H and O–H groups in total. The second-order valence-corrected chi connectivity index (χ2v) is 6.77. The van der Waals surface area contributed by atoms with E-state index in [9.17, 15) is 0 Å². The van der Waals surface area contributed by atoms with E-state index in [0.717, 1.165) is 27.8 Å². The fourth-order valence-electron chi connectivity index (χ4n) is 3.26. The lowest BCUT2D eigenvalue weighted by Crippen LogP contribution is -1.86. The molecule has 0 spiro atoms. The predicted octanol–water partition coefficient (Wildman–Crippen LogP) is 6.56. The molecular formula is C23H15N3O2S. The third-order valence-corrected chi connectivity index (χ3v) is 4.71. The molecular weight excluding hydrogens is 382 g/mol. The summed E-state index contributed by atoms with van der Waals surface area (Å²) in [6.07, 6.45) is 3.25. The summed E-state index contributed by atoms with van der Waals surface area (Å²) in [4.78, 5) is 12.1. The molecule has 0 fully saturated rings. The number of nitrogens with zero attached hydrogens (tertiary/aromatic N) is 2. The van der Waals surface area contributed by atoms with Crippen LogP contribution in [0, 0.1) is 4.77 Å². The Balaban J connectivity index is 1.83. The minimum absolute atomic E-state index is 0.303. The number of fused-ring (bicyclic) bond motifs is 1. The summed E-state index contributed by atoms with van der Waals surface area (Å²) >= 11 is 5.30. The van der Waals surface area contributed by atoms with Gasteiger partial charge in [0.25, 0.3) is 0 Å². The number of aromatic nitrogens is 2. The van der Waals surface area contributed by atoms with Gasteiger partial charge in [0.05, 0.1) is 17.9 Å².